The summed E-state index contributed by atoms with van der Waals surface area (Å²) in [5.74, 6) is 0. The van der Waals surface area contributed by atoms with Gasteiger partial charge in [0.05, 0.1) is 12.7 Å². The Balaban J connectivity index is 2.01. The maximum Gasteiger partial charge on any atom is 0.186 e. The Bertz CT molecular complexity index is 397. The molecule has 0 saturated carbocycles. The van der Waals surface area contributed by atoms with Crippen LogP contribution in [-0.4, -0.2) is 50.0 Å². The molecule has 0 aliphatic carbocycles. The Labute approximate surface area is 119 Å². The van der Waals surface area contributed by atoms with Gasteiger partial charge in [-0.1, -0.05) is 30.3 Å². The predicted octanol–water partition coefficient (Wildman–Crippen LogP) is 1.34. The lowest BCUT2D eigenvalue weighted by atomic mass is 9.99. The van der Waals surface area contributed by atoms with Crippen molar-refractivity contribution in [2.75, 3.05) is 14.2 Å². The third-order valence-electron chi connectivity index (χ3n) is 3.54. The fourth-order valence-electron chi connectivity index (χ4n) is 2.45. The summed E-state index contributed by atoms with van der Waals surface area (Å²) in [4.78, 5) is 0. The molecule has 0 spiro atoms. The van der Waals surface area contributed by atoms with Crippen LogP contribution in [-0.2, 0) is 25.6 Å². The Morgan fingerprint density at radius 1 is 1.10 bits per heavy atom. The maximum absolute atomic E-state index is 10.2. The fraction of sp³-hybridized carbons (Fsp3) is 0.600. The molecule has 1 aliphatic rings. The second kappa shape index (κ2) is 7.15. The van der Waals surface area contributed by atoms with Gasteiger partial charge in [-0.15, -0.1) is 0 Å². The van der Waals surface area contributed by atoms with Gasteiger partial charge in [-0.25, -0.2) is 0 Å². The first-order chi connectivity index (χ1) is 9.67. The summed E-state index contributed by atoms with van der Waals surface area (Å²) >= 11 is 0. The van der Waals surface area contributed by atoms with E-state index in [2.05, 4.69) is 0 Å². The molecule has 1 aromatic rings. The summed E-state index contributed by atoms with van der Waals surface area (Å²) < 4.78 is 22.0. The van der Waals surface area contributed by atoms with Gasteiger partial charge in [-0.2, -0.15) is 0 Å². The van der Waals surface area contributed by atoms with E-state index in [4.69, 9.17) is 18.9 Å². The van der Waals surface area contributed by atoms with Crippen LogP contribution in [0.2, 0.25) is 0 Å². The quantitative estimate of drug-likeness (QED) is 0.883. The van der Waals surface area contributed by atoms with Gasteiger partial charge >= 0.3 is 0 Å². The van der Waals surface area contributed by atoms with Crippen LogP contribution in [0, 0.1) is 0 Å². The van der Waals surface area contributed by atoms with Crippen molar-refractivity contribution in [1.29, 1.82) is 0 Å². The van der Waals surface area contributed by atoms with Gasteiger partial charge in [0.2, 0.25) is 0 Å². The monoisotopic (exact) mass is 282 g/mol. The molecule has 112 valence electrons. The molecular formula is C15H22O5. The van der Waals surface area contributed by atoms with Crippen molar-refractivity contribution in [3.05, 3.63) is 35.9 Å². The summed E-state index contributed by atoms with van der Waals surface area (Å²) in [5, 5.41) is 10.2. The summed E-state index contributed by atoms with van der Waals surface area (Å²) in [6, 6.07) is 9.86. The van der Waals surface area contributed by atoms with Gasteiger partial charge in [0, 0.05) is 14.2 Å². The van der Waals surface area contributed by atoms with Crippen LogP contribution in [0.1, 0.15) is 12.5 Å². The first-order valence-corrected chi connectivity index (χ1v) is 6.72. The zero-order chi connectivity index (χ0) is 14.5. The molecule has 1 fully saturated rings. The zero-order valence-corrected chi connectivity index (χ0v) is 12.1. The van der Waals surface area contributed by atoms with E-state index >= 15 is 0 Å². The Kier molecular flexibility index (Phi) is 5.51. The molecule has 0 aromatic heterocycles. The molecule has 2 rings (SSSR count). The Hall–Kier alpha value is -0.980. The summed E-state index contributed by atoms with van der Waals surface area (Å²) in [6.07, 6.45) is -2.61. The molecule has 20 heavy (non-hydrogen) atoms. The molecular weight excluding hydrogens is 260 g/mol. The summed E-state index contributed by atoms with van der Waals surface area (Å²) in [6.45, 7) is 2.34. The molecule has 0 bridgehead atoms. The number of methoxy groups -OCH3 is 2. The fourth-order valence-corrected chi connectivity index (χ4v) is 2.45. The number of benzene rings is 1. The van der Waals surface area contributed by atoms with Crippen molar-refractivity contribution in [1.82, 2.24) is 0 Å². The first-order valence-electron chi connectivity index (χ1n) is 6.72. The predicted molar refractivity (Wildman–Crippen MR) is 73.2 cm³/mol. The van der Waals surface area contributed by atoms with Crippen molar-refractivity contribution in [3.63, 3.8) is 0 Å². The largest absolute Gasteiger partial charge is 0.385 e. The van der Waals surface area contributed by atoms with E-state index in [0.717, 1.165) is 5.56 Å². The van der Waals surface area contributed by atoms with Crippen molar-refractivity contribution in [3.8, 4) is 0 Å². The number of hydrogen-bond donors (Lipinski definition) is 1. The van der Waals surface area contributed by atoms with Crippen molar-refractivity contribution in [2.24, 2.45) is 0 Å². The molecule has 0 amide bonds. The lowest BCUT2D eigenvalue weighted by Crippen LogP contribution is -2.58. The van der Waals surface area contributed by atoms with Crippen molar-refractivity contribution >= 4 is 0 Å². The minimum atomic E-state index is -0.873. The van der Waals surface area contributed by atoms with Crippen molar-refractivity contribution < 1.29 is 24.1 Å². The van der Waals surface area contributed by atoms with Gasteiger partial charge in [0.1, 0.15) is 18.3 Å². The molecule has 1 aromatic carbocycles. The normalized spacial score (nSPS) is 34.1. The van der Waals surface area contributed by atoms with Crippen LogP contribution < -0.4 is 0 Å². The minimum Gasteiger partial charge on any atom is -0.385 e. The molecule has 5 nitrogen and oxygen atoms in total. The lowest BCUT2D eigenvalue weighted by Gasteiger charge is -2.42. The number of aliphatic hydroxyl groups excluding tert-OH is 1. The lowest BCUT2D eigenvalue weighted by molar-refractivity contribution is -0.298. The van der Waals surface area contributed by atoms with Gasteiger partial charge in [0.15, 0.2) is 6.29 Å². The third-order valence-corrected chi connectivity index (χ3v) is 3.54. The molecule has 1 heterocycles. The van der Waals surface area contributed by atoms with Crippen LogP contribution in [0.5, 0.6) is 0 Å². The van der Waals surface area contributed by atoms with E-state index < -0.39 is 18.5 Å². The Morgan fingerprint density at radius 2 is 1.80 bits per heavy atom. The van der Waals surface area contributed by atoms with E-state index in [1.54, 1.807) is 7.11 Å². The van der Waals surface area contributed by atoms with Gasteiger partial charge < -0.3 is 24.1 Å². The topological polar surface area (TPSA) is 57.2 Å². The zero-order valence-electron chi connectivity index (χ0n) is 12.1. The average molecular weight is 282 g/mol. The van der Waals surface area contributed by atoms with Crippen LogP contribution in [0.25, 0.3) is 0 Å². The first kappa shape index (κ1) is 15.4. The van der Waals surface area contributed by atoms with E-state index in [1.807, 2.05) is 37.3 Å². The SMILES string of the molecule is CO[C@H]1O[C@H](C)[C@@H](OCc2ccccc2)[C@H](OC)[C@@H]1O. The molecule has 5 atom stereocenters. The Morgan fingerprint density at radius 3 is 2.40 bits per heavy atom. The molecule has 1 aliphatic heterocycles. The maximum atomic E-state index is 10.2. The van der Waals surface area contributed by atoms with Crippen LogP contribution in [0.15, 0.2) is 30.3 Å². The number of rotatable bonds is 5. The standard InChI is InChI=1S/C15H22O5/c1-10-13(19-9-11-7-5-4-6-8-11)14(17-2)12(16)15(18-3)20-10/h4-8,10,12-16H,9H2,1-3H3/t10-,12+,13-,14-,15+/m1/s1. The summed E-state index contributed by atoms with van der Waals surface area (Å²) in [7, 11) is 3.05. The van der Waals surface area contributed by atoms with Crippen LogP contribution in [0.3, 0.4) is 0 Å². The number of ether oxygens (including phenoxy) is 4. The smallest absolute Gasteiger partial charge is 0.186 e. The summed E-state index contributed by atoms with van der Waals surface area (Å²) in [5.41, 5.74) is 1.07. The average Bonchev–Trinajstić information content (AvgIpc) is 2.48. The molecule has 0 radical (unpaired) electrons. The highest BCUT2D eigenvalue weighted by Crippen LogP contribution is 2.26. The second-order valence-electron chi connectivity index (χ2n) is 4.90. The van der Waals surface area contributed by atoms with E-state index in [-0.39, 0.29) is 12.2 Å². The number of hydrogen-bond acceptors (Lipinski definition) is 5. The molecule has 0 unspecified atom stereocenters. The van der Waals surface area contributed by atoms with Crippen LogP contribution >= 0.6 is 0 Å². The van der Waals surface area contributed by atoms with E-state index in [1.165, 1.54) is 7.11 Å². The van der Waals surface area contributed by atoms with Crippen LogP contribution in [0.4, 0.5) is 0 Å². The second-order valence-corrected chi connectivity index (χ2v) is 4.90. The molecule has 5 heteroatoms. The van der Waals surface area contributed by atoms with E-state index in [9.17, 15) is 5.11 Å². The molecule has 1 N–H and O–H groups in total. The van der Waals surface area contributed by atoms with Crippen molar-refractivity contribution in [2.45, 2.75) is 44.2 Å². The minimum absolute atomic E-state index is 0.225. The van der Waals surface area contributed by atoms with Gasteiger partial charge in [-0.3, -0.25) is 0 Å². The highest BCUT2D eigenvalue weighted by molar-refractivity contribution is 5.13. The highest BCUT2D eigenvalue weighted by Gasteiger charge is 2.44. The van der Waals surface area contributed by atoms with Gasteiger partial charge in [0.25, 0.3) is 0 Å². The highest BCUT2D eigenvalue weighted by atomic mass is 16.7. The number of aliphatic hydroxyl groups is 1. The molecule has 1 saturated heterocycles. The third kappa shape index (κ3) is 3.37. The van der Waals surface area contributed by atoms with Gasteiger partial charge in [-0.05, 0) is 12.5 Å². The van der Waals surface area contributed by atoms with E-state index in [0.29, 0.717) is 6.61 Å².